The molecule has 0 aliphatic heterocycles. The summed E-state index contributed by atoms with van der Waals surface area (Å²) in [6.45, 7) is 11.0. The van der Waals surface area contributed by atoms with Crippen molar-refractivity contribution in [3.8, 4) is 5.75 Å². The van der Waals surface area contributed by atoms with Crippen molar-refractivity contribution in [2.45, 2.75) is 45.5 Å². The van der Waals surface area contributed by atoms with E-state index >= 15 is 0 Å². The Bertz CT molecular complexity index is 397. The van der Waals surface area contributed by atoms with Crippen LogP contribution in [0.5, 0.6) is 5.75 Å². The molecule has 0 spiro atoms. The fourth-order valence-electron chi connectivity index (χ4n) is 1.20. The third kappa shape index (κ3) is 3.57. The molecule has 0 aliphatic carbocycles. The molecule has 0 atom stereocenters. The maximum Gasteiger partial charge on any atom is 0.250 e. The summed E-state index contributed by atoms with van der Waals surface area (Å²) in [5, 5.41) is 9.52. The van der Waals surface area contributed by atoms with Gasteiger partial charge in [-0.1, -0.05) is 36.7 Å². The number of aliphatic hydroxyl groups is 1. The van der Waals surface area contributed by atoms with Gasteiger partial charge in [0.25, 0.3) is 0 Å². The Morgan fingerprint density at radius 2 is 1.88 bits per heavy atom. The first-order valence-electron chi connectivity index (χ1n) is 5.76. The highest BCUT2D eigenvalue weighted by Gasteiger charge is 2.39. The van der Waals surface area contributed by atoms with E-state index in [1.54, 1.807) is 0 Å². The Morgan fingerprint density at radius 1 is 1.29 bits per heavy atom. The van der Waals surface area contributed by atoms with Crippen LogP contribution >= 0.6 is 15.9 Å². The van der Waals surface area contributed by atoms with Crippen molar-refractivity contribution in [2.75, 3.05) is 0 Å². The Balaban J connectivity index is 3.03. The average molecular weight is 317 g/mol. The Morgan fingerprint density at radius 3 is 2.35 bits per heavy atom. The minimum atomic E-state index is -1.84. The fraction of sp³-hybridized carbons (Fsp3) is 0.538. The second kappa shape index (κ2) is 5.12. The van der Waals surface area contributed by atoms with E-state index in [1.165, 1.54) is 0 Å². The number of rotatable bonds is 3. The molecule has 0 saturated carbocycles. The number of hydrogen-bond acceptors (Lipinski definition) is 2. The molecule has 0 fully saturated rings. The van der Waals surface area contributed by atoms with Gasteiger partial charge in [-0.15, -0.1) is 0 Å². The van der Waals surface area contributed by atoms with Gasteiger partial charge < -0.3 is 9.53 Å². The largest absolute Gasteiger partial charge is 0.543 e. The fourth-order valence-corrected chi connectivity index (χ4v) is 2.66. The lowest BCUT2D eigenvalue weighted by atomic mass is 10.2. The standard InChI is InChI=1S/C13H21BrO2Si/c1-13(2,3)17(4,5)16-12-7-6-11(14)8-10(12)9-15/h6-8,15H,9H2,1-5H3. The summed E-state index contributed by atoms with van der Waals surface area (Å²) in [6.07, 6.45) is 0. The minimum absolute atomic E-state index is 0.00337. The lowest BCUT2D eigenvalue weighted by Crippen LogP contribution is -2.44. The van der Waals surface area contributed by atoms with Crippen LogP contribution in [0.15, 0.2) is 22.7 Å². The van der Waals surface area contributed by atoms with Crippen molar-refractivity contribution in [1.82, 2.24) is 0 Å². The SMILES string of the molecule is CC(C)(C)[Si](C)(C)Oc1ccc(Br)cc1CO. The third-order valence-electron chi connectivity index (χ3n) is 3.36. The third-order valence-corrected chi connectivity index (χ3v) is 8.20. The van der Waals surface area contributed by atoms with Crippen LogP contribution < -0.4 is 4.43 Å². The lowest BCUT2D eigenvalue weighted by Gasteiger charge is -2.37. The van der Waals surface area contributed by atoms with Gasteiger partial charge in [0, 0.05) is 10.0 Å². The van der Waals surface area contributed by atoms with Crippen molar-refractivity contribution in [3.05, 3.63) is 28.2 Å². The number of halogens is 1. The Kier molecular flexibility index (Phi) is 4.44. The zero-order valence-corrected chi connectivity index (χ0v) is 13.8. The van der Waals surface area contributed by atoms with E-state index in [9.17, 15) is 5.11 Å². The van der Waals surface area contributed by atoms with Gasteiger partial charge in [-0.3, -0.25) is 0 Å². The molecule has 0 aromatic heterocycles. The summed E-state index contributed by atoms with van der Waals surface area (Å²) in [6, 6.07) is 5.78. The molecule has 1 aromatic carbocycles. The van der Waals surface area contributed by atoms with E-state index in [1.807, 2.05) is 18.2 Å². The summed E-state index contributed by atoms with van der Waals surface area (Å²) in [7, 11) is -1.84. The Hall–Kier alpha value is -0.323. The van der Waals surface area contributed by atoms with Crippen LogP contribution in [0.1, 0.15) is 26.3 Å². The van der Waals surface area contributed by atoms with Gasteiger partial charge in [-0.25, -0.2) is 0 Å². The highest BCUT2D eigenvalue weighted by molar-refractivity contribution is 9.10. The molecule has 1 rings (SSSR count). The minimum Gasteiger partial charge on any atom is -0.543 e. The van der Waals surface area contributed by atoms with Gasteiger partial charge in [0.15, 0.2) is 0 Å². The molecule has 0 aliphatic rings. The maximum absolute atomic E-state index is 9.36. The number of benzene rings is 1. The molecule has 0 bridgehead atoms. The van der Waals surface area contributed by atoms with Gasteiger partial charge in [0.1, 0.15) is 5.75 Å². The van der Waals surface area contributed by atoms with Gasteiger partial charge in [0.2, 0.25) is 8.32 Å². The lowest BCUT2D eigenvalue weighted by molar-refractivity contribution is 0.277. The van der Waals surface area contributed by atoms with Crippen LogP contribution in [-0.4, -0.2) is 13.4 Å². The summed E-state index contributed by atoms with van der Waals surface area (Å²) >= 11 is 3.40. The predicted octanol–water partition coefficient (Wildman–Crippen LogP) is 4.33. The van der Waals surface area contributed by atoms with E-state index < -0.39 is 8.32 Å². The van der Waals surface area contributed by atoms with Gasteiger partial charge >= 0.3 is 0 Å². The van der Waals surface area contributed by atoms with E-state index in [0.29, 0.717) is 0 Å². The first-order valence-corrected chi connectivity index (χ1v) is 9.46. The summed E-state index contributed by atoms with van der Waals surface area (Å²) < 4.78 is 7.16. The molecule has 1 aromatic rings. The highest BCUT2D eigenvalue weighted by Crippen LogP contribution is 2.38. The zero-order chi connectivity index (χ0) is 13.3. The number of hydrogen-bond donors (Lipinski definition) is 1. The summed E-state index contributed by atoms with van der Waals surface area (Å²) in [5.41, 5.74) is 0.837. The van der Waals surface area contributed by atoms with Gasteiger partial charge in [-0.05, 0) is 36.3 Å². The maximum atomic E-state index is 9.36. The summed E-state index contributed by atoms with van der Waals surface area (Å²) in [4.78, 5) is 0. The van der Waals surface area contributed by atoms with Crippen molar-refractivity contribution >= 4 is 24.2 Å². The zero-order valence-electron chi connectivity index (χ0n) is 11.2. The molecule has 4 heteroatoms. The van der Waals surface area contributed by atoms with Gasteiger partial charge in [0.05, 0.1) is 6.61 Å². The van der Waals surface area contributed by atoms with E-state index in [4.69, 9.17) is 4.43 Å². The monoisotopic (exact) mass is 316 g/mol. The van der Waals surface area contributed by atoms with Crippen LogP contribution in [-0.2, 0) is 6.61 Å². The Labute approximate surface area is 113 Å². The molecular formula is C13H21BrO2Si. The molecule has 0 amide bonds. The normalized spacial score (nSPS) is 12.6. The topological polar surface area (TPSA) is 29.5 Å². The summed E-state index contributed by atoms with van der Waals surface area (Å²) in [5.74, 6) is 0.808. The molecule has 17 heavy (non-hydrogen) atoms. The highest BCUT2D eigenvalue weighted by atomic mass is 79.9. The first kappa shape index (κ1) is 14.7. The molecule has 0 unspecified atom stereocenters. The van der Waals surface area contributed by atoms with Crippen molar-refractivity contribution in [3.63, 3.8) is 0 Å². The van der Waals surface area contributed by atoms with Crippen molar-refractivity contribution in [1.29, 1.82) is 0 Å². The van der Waals surface area contributed by atoms with Crippen LogP contribution in [0.3, 0.4) is 0 Å². The van der Waals surface area contributed by atoms with E-state index in [0.717, 1.165) is 15.8 Å². The predicted molar refractivity (Wildman–Crippen MR) is 77.9 cm³/mol. The van der Waals surface area contributed by atoms with Crippen LogP contribution in [0.4, 0.5) is 0 Å². The smallest absolute Gasteiger partial charge is 0.250 e. The first-order chi connectivity index (χ1) is 7.67. The molecule has 0 radical (unpaired) electrons. The van der Waals surface area contributed by atoms with Crippen LogP contribution in [0.2, 0.25) is 18.1 Å². The second-order valence-electron chi connectivity index (χ2n) is 5.77. The molecule has 0 heterocycles. The van der Waals surface area contributed by atoms with Crippen LogP contribution in [0.25, 0.3) is 0 Å². The second-order valence-corrected chi connectivity index (χ2v) is 11.4. The van der Waals surface area contributed by atoms with Crippen molar-refractivity contribution in [2.24, 2.45) is 0 Å². The molecular weight excluding hydrogens is 296 g/mol. The van der Waals surface area contributed by atoms with Gasteiger partial charge in [-0.2, -0.15) is 0 Å². The average Bonchev–Trinajstić information content (AvgIpc) is 2.18. The molecule has 96 valence electrons. The molecule has 0 saturated heterocycles. The van der Waals surface area contributed by atoms with E-state index in [2.05, 4.69) is 49.8 Å². The van der Waals surface area contributed by atoms with E-state index in [-0.39, 0.29) is 11.6 Å². The quantitative estimate of drug-likeness (QED) is 0.841. The van der Waals surface area contributed by atoms with Crippen LogP contribution in [0, 0.1) is 0 Å². The molecule has 1 N–H and O–H groups in total. The molecule has 2 nitrogen and oxygen atoms in total. The number of aliphatic hydroxyl groups excluding tert-OH is 1. The van der Waals surface area contributed by atoms with Crippen molar-refractivity contribution < 1.29 is 9.53 Å².